The summed E-state index contributed by atoms with van der Waals surface area (Å²) in [6, 6.07) is 13.3. The molecule has 2 aromatic carbocycles. The van der Waals surface area contributed by atoms with Crippen molar-refractivity contribution in [3.8, 4) is 5.75 Å². The molecule has 1 amide bonds. The van der Waals surface area contributed by atoms with Crippen molar-refractivity contribution in [1.82, 2.24) is 5.32 Å². The number of hydrogen-bond acceptors (Lipinski definition) is 3. The maximum Gasteiger partial charge on any atom is 0.287 e. The summed E-state index contributed by atoms with van der Waals surface area (Å²) in [5.74, 6) is 0.849. The number of carbonyl (C=O) groups excluding carboxylic acids is 1. The normalized spacial score (nSPS) is 12.2. The van der Waals surface area contributed by atoms with Gasteiger partial charge in [0.1, 0.15) is 11.3 Å². The lowest BCUT2D eigenvalue weighted by molar-refractivity contribution is 0.0913. The van der Waals surface area contributed by atoms with Crippen LogP contribution in [0.1, 0.15) is 34.6 Å². The average Bonchev–Trinajstić information content (AvgIpc) is 2.91. The molecule has 1 atom stereocenters. The van der Waals surface area contributed by atoms with E-state index in [9.17, 15) is 4.79 Å². The molecule has 24 heavy (non-hydrogen) atoms. The Morgan fingerprint density at radius 1 is 1.21 bits per heavy atom. The Labute approximate surface area is 148 Å². The molecule has 3 rings (SSSR count). The van der Waals surface area contributed by atoms with Crippen LogP contribution in [0.5, 0.6) is 5.75 Å². The monoisotopic (exact) mass is 387 g/mol. The first-order valence-electron chi connectivity index (χ1n) is 7.63. The number of ether oxygens (including phenoxy) is 1. The maximum absolute atomic E-state index is 12.6. The van der Waals surface area contributed by atoms with Crippen LogP contribution in [0.4, 0.5) is 0 Å². The number of rotatable bonds is 4. The number of carbonyl (C=O) groups is 1. The van der Waals surface area contributed by atoms with E-state index in [1.165, 1.54) is 0 Å². The lowest BCUT2D eigenvalue weighted by Crippen LogP contribution is -2.26. The third-order valence-electron chi connectivity index (χ3n) is 4.07. The molecule has 1 aromatic heterocycles. The molecule has 3 aromatic rings. The van der Waals surface area contributed by atoms with Gasteiger partial charge in [-0.3, -0.25) is 4.79 Å². The van der Waals surface area contributed by atoms with Crippen LogP contribution in [0.3, 0.4) is 0 Å². The Morgan fingerprint density at radius 3 is 2.58 bits per heavy atom. The van der Waals surface area contributed by atoms with E-state index in [0.717, 1.165) is 26.7 Å². The van der Waals surface area contributed by atoms with E-state index in [0.29, 0.717) is 11.3 Å². The molecule has 0 aliphatic rings. The van der Waals surface area contributed by atoms with Crippen LogP contribution in [0.2, 0.25) is 0 Å². The molecule has 1 N–H and O–H groups in total. The zero-order valence-electron chi connectivity index (χ0n) is 13.7. The molecule has 5 heteroatoms. The van der Waals surface area contributed by atoms with Gasteiger partial charge in [-0.2, -0.15) is 0 Å². The summed E-state index contributed by atoms with van der Waals surface area (Å²) in [6.07, 6.45) is 0. The lowest BCUT2D eigenvalue weighted by Gasteiger charge is -2.13. The van der Waals surface area contributed by atoms with Gasteiger partial charge in [-0.25, -0.2) is 0 Å². The number of aryl methyl sites for hydroxylation is 1. The van der Waals surface area contributed by atoms with Crippen LogP contribution in [0.15, 0.2) is 51.4 Å². The van der Waals surface area contributed by atoms with Crippen molar-refractivity contribution >= 4 is 32.8 Å². The molecule has 4 nitrogen and oxygen atoms in total. The minimum Gasteiger partial charge on any atom is -0.497 e. The van der Waals surface area contributed by atoms with Crippen molar-refractivity contribution in [3.63, 3.8) is 0 Å². The van der Waals surface area contributed by atoms with Gasteiger partial charge in [-0.15, -0.1) is 0 Å². The maximum atomic E-state index is 12.6. The Morgan fingerprint density at radius 2 is 1.92 bits per heavy atom. The summed E-state index contributed by atoms with van der Waals surface area (Å²) in [5.41, 5.74) is 2.51. The van der Waals surface area contributed by atoms with Crippen molar-refractivity contribution in [2.45, 2.75) is 19.9 Å². The molecule has 0 unspecified atom stereocenters. The molecular formula is C19H18BrNO3. The molecule has 0 spiro atoms. The number of nitrogens with one attached hydrogen (secondary N) is 1. The van der Waals surface area contributed by atoms with Gasteiger partial charge in [0.25, 0.3) is 5.91 Å². The molecule has 0 saturated heterocycles. The summed E-state index contributed by atoms with van der Waals surface area (Å²) in [5, 5.41) is 3.87. The second-order valence-electron chi connectivity index (χ2n) is 5.66. The standard InChI is InChI=1S/C19H18BrNO3/c1-11-16-10-15(23-3)8-9-17(16)24-18(11)19(22)21-12(2)13-4-6-14(20)7-5-13/h4-10,12H,1-3H3,(H,21,22)/t12-/m1/s1. The fourth-order valence-corrected chi connectivity index (χ4v) is 2.90. The molecule has 124 valence electrons. The third kappa shape index (κ3) is 3.17. The number of benzene rings is 2. The van der Waals surface area contributed by atoms with Gasteiger partial charge in [0.15, 0.2) is 5.76 Å². The Kier molecular flexibility index (Phi) is 4.62. The van der Waals surface area contributed by atoms with Crippen molar-refractivity contribution < 1.29 is 13.9 Å². The molecular weight excluding hydrogens is 370 g/mol. The first-order valence-corrected chi connectivity index (χ1v) is 8.42. The fourth-order valence-electron chi connectivity index (χ4n) is 2.64. The van der Waals surface area contributed by atoms with E-state index in [-0.39, 0.29) is 11.9 Å². The Balaban J connectivity index is 1.85. The molecule has 0 saturated carbocycles. The summed E-state index contributed by atoms with van der Waals surface area (Å²) >= 11 is 3.41. The summed E-state index contributed by atoms with van der Waals surface area (Å²) in [7, 11) is 1.62. The zero-order valence-corrected chi connectivity index (χ0v) is 15.3. The minimum atomic E-state index is -0.224. The molecule has 0 fully saturated rings. The predicted octanol–water partition coefficient (Wildman–Crippen LogP) is 5.00. The molecule has 1 heterocycles. The van der Waals surface area contributed by atoms with Gasteiger partial charge >= 0.3 is 0 Å². The largest absolute Gasteiger partial charge is 0.497 e. The summed E-state index contributed by atoms with van der Waals surface area (Å²) in [4.78, 5) is 12.6. The minimum absolute atomic E-state index is 0.118. The second-order valence-corrected chi connectivity index (χ2v) is 6.58. The van der Waals surface area contributed by atoms with Crippen LogP contribution in [0, 0.1) is 6.92 Å². The number of furan rings is 1. The van der Waals surface area contributed by atoms with Crippen LogP contribution < -0.4 is 10.1 Å². The smallest absolute Gasteiger partial charge is 0.287 e. The summed E-state index contributed by atoms with van der Waals surface area (Å²) < 4.78 is 12.0. The van der Waals surface area contributed by atoms with Crippen molar-refractivity contribution in [1.29, 1.82) is 0 Å². The molecule has 0 bridgehead atoms. The van der Waals surface area contributed by atoms with Gasteiger partial charge in [0, 0.05) is 15.4 Å². The van der Waals surface area contributed by atoms with E-state index in [2.05, 4.69) is 21.2 Å². The Hall–Kier alpha value is -2.27. The quantitative estimate of drug-likeness (QED) is 0.684. The molecule has 0 radical (unpaired) electrons. The van der Waals surface area contributed by atoms with Crippen LogP contribution >= 0.6 is 15.9 Å². The number of fused-ring (bicyclic) bond motifs is 1. The highest BCUT2D eigenvalue weighted by molar-refractivity contribution is 9.10. The number of methoxy groups -OCH3 is 1. The number of halogens is 1. The van der Waals surface area contributed by atoms with Gasteiger partial charge in [-0.05, 0) is 49.7 Å². The van der Waals surface area contributed by atoms with Gasteiger partial charge in [-0.1, -0.05) is 28.1 Å². The van der Waals surface area contributed by atoms with Crippen molar-refractivity contribution in [2.75, 3.05) is 7.11 Å². The van der Waals surface area contributed by atoms with E-state index >= 15 is 0 Å². The van der Waals surface area contributed by atoms with E-state index < -0.39 is 0 Å². The van der Waals surface area contributed by atoms with Crippen LogP contribution in [-0.4, -0.2) is 13.0 Å². The Bertz CT molecular complexity index is 884. The first kappa shape index (κ1) is 16.6. The predicted molar refractivity (Wildman–Crippen MR) is 97.5 cm³/mol. The van der Waals surface area contributed by atoms with E-state index in [1.807, 2.05) is 56.3 Å². The lowest BCUT2D eigenvalue weighted by atomic mass is 10.1. The van der Waals surface area contributed by atoms with Gasteiger partial charge < -0.3 is 14.5 Å². The van der Waals surface area contributed by atoms with Crippen LogP contribution in [-0.2, 0) is 0 Å². The first-order chi connectivity index (χ1) is 11.5. The fraction of sp³-hybridized carbons (Fsp3) is 0.211. The molecule has 0 aliphatic carbocycles. The molecule has 0 aliphatic heterocycles. The highest BCUT2D eigenvalue weighted by Crippen LogP contribution is 2.29. The SMILES string of the molecule is COc1ccc2oc(C(=O)N[C@H](C)c3ccc(Br)cc3)c(C)c2c1. The second kappa shape index (κ2) is 6.69. The highest BCUT2D eigenvalue weighted by atomic mass is 79.9. The number of hydrogen-bond donors (Lipinski definition) is 1. The number of amides is 1. The highest BCUT2D eigenvalue weighted by Gasteiger charge is 2.20. The van der Waals surface area contributed by atoms with Gasteiger partial charge in [0.2, 0.25) is 0 Å². The van der Waals surface area contributed by atoms with E-state index in [1.54, 1.807) is 7.11 Å². The summed E-state index contributed by atoms with van der Waals surface area (Å²) in [6.45, 7) is 3.83. The van der Waals surface area contributed by atoms with E-state index in [4.69, 9.17) is 9.15 Å². The topological polar surface area (TPSA) is 51.5 Å². The van der Waals surface area contributed by atoms with Gasteiger partial charge in [0.05, 0.1) is 13.2 Å². The van der Waals surface area contributed by atoms with Crippen molar-refractivity contribution in [2.24, 2.45) is 0 Å². The third-order valence-corrected chi connectivity index (χ3v) is 4.60. The zero-order chi connectivity index (χ0) is 17.3. The van der Waals surface area contributed by atoms with Crippen molar-refractivity contribution in [3.05, 3.63) is 63.8 Å². The average molecular weight is 388 g/mol. The van der Waals surface area contributed by atoms with Crippen LogP contribution in [0.25, 0.3) is 11.0 Å².